The molecule has 0 spiro atoms. The maximum atomic E-state index is 14.5. The van der Waals surface area contributed by atoms with Crippen molar-refractivity contribution in [2.45, 2.75) is 31.0 Å². The molecule has 6 rings (SSSR count). The average Bonchev–Trinajstić information content (AvgIpc) is 3.35. The minimum absolute atomic E-state index is 0.0193. The van der Waals surface area contributed by atoms with Gasteiger partial charge in [0.25, 0.3) is 5.91 Å². The van der Waals surface area contributed by atoms with Crippen LogP contribution in [0.2, 0.25) is 0 Å². The maximum Gasteiger partial charge on any atom is 0.387 e. The Morgan fingerprint density at radius 3 is 2.71 bits per heavy atom. The van der Waals surface area contributed by atoms with Crippen molar-refractivity contribution in [2.75, 3.05) is 6.98 Å². The molecule has 1 amide bonds. The quantitative estimate of drug-likeness (QED) is 0.309. The van der Waals surface area contributed by atoms with Crippen LogP contribution in [0.25, 0.3) is 22.2 Å². The molecule has 2 aliphatic heterocycles. The summed E-state index contributed by atoms with van der Waals surface area (Å²) in [6.45, 7) is -5.96. The summed E-state index contributed by atoms with van der Waals surface area (Å²) in [5.74, 6) is -1.09. The first-order chi connectivity index (χ1) is 18.1. The fraction of sp³-hybridized carbons (Fsp3) is 0.231. The Morgan fingerprint density at radius 1 is 1.17 bits per heavy atom. The van der Waals surface area contributed by atoms with E-state index in [1.807, 2.05) is 0 Å². The van der Waals surface area contributed by atoms with Crippen molar-refractivity contribution in [1.82, 2.24) is 14.5 Å². The van der Waals surface area contributed by atoms with E-state index in [-0.39, 0.29) is 29.2 Å². The summed E-state index contributed by atoms with van der Waals surface area (Å²) in [6.07, 6.45) is 0.113. The molecular formula is C26H19ClF3N3O2. The normalized spacial score (nSPS) is 20.3. The van der Waals surface area contributed by atoms with E-state index in [1.54, 1.807) is 34.9 Å². The number of hydrogen-bond donors (Lipinski definition) is 0. The topological polar surface area (TPSA) is 47.4 Å². The van der Waals surface area contributed by atoms with Gasteiger partial charge < -0.3 is 14.2 Å². The summed E-state index contributed by atoms with van der Waals surface area (Å²) in [5.41, 5.74) is 2.89. The van der Waals surface area contributed by atoms with Crippen LogP contribution in [-0.2, 0) is 5.88 Å². The third kappa shape index (κ3) is 3.31. The molecule has 1 aromatic heterocycles. The van der Waals surface area contributed by atoms with Gasteiger partial charge in [-0.1, -0.05) is 24.3 Å². The number of carbonyl (C=O) groups is 1. The molecule has 5 nitrogen and oxygen atoms in total. The molecule has 3 heterocycles. The lowest BCUT2D eigenvalue weighted by Gasteiger charge is -2.24. The standard InChI is InChI=1S/C26H19ClF3N3O2/c1-32-21-11-20(23-16(25(32)34)3-2-4-22(23)35-26(29)30)33-19-10-14(7-8-18(19)31-24(21)33)13-5-6-15(12-27)17(28)9-13/h2-10,20-21,26H,11-12H2,1H3/t20-,21-/m1/s1/i1D3. The Balaban J connectivity index is 1.60. The van der Waals surface area contributed by atoms with E-state index in [0.717, 1.165) is 4.90 Å². The van der Waals surface area contributed by atoms with Crippen molar-refractivity contribution in [3.63, 3.8) is 0 Å². The Bertz CT molecular complexity index is 1610. The average molecular weight is 501 g/mol. The van der Waals surface area contributed by atoms with E-state index in [0.29, 0.717) is 33.5 Å². The molecule has 4 aromatic rings. The number of hydrogen-bond acceptors (Lipinski definition) is 3. The summed E-state index contributed by atoms with van der Waals surface area (Å²) >= 11 is 5.79. The van der Waals surface area contributed by atoms with Crippen LogP contribution < -0.4 is 4.74 Å². The van der Waals surface area contributed by atoms with Gasteiger partial charge in [0.1, 0.15) is 17.4 Å². The first-order valence-electron chi connectivity index (χ1n) is 12.4. The lowest BCUT2D eigenvalue weighted by Crippen LogP contribution is -2.30. The van der Waals surface area contributed by atoms with Crippen molar-refractivity contribution in [3.05, 3.63) is 82.9 Å². The Hall–Kier alpha value is -3.52. The van der Waals surface area contributed by atoms with E-state index >= 15 is 0 Å². The molecule has 178 valence electrons. The SMILES string of the molecule is [2H]C([2H])([2H])N1C(=O)c2cccc(OC(F)F)c2[C@H]2C[C@@H]1c1nc3ccc(-c4ccc(CCl)c(F)c4)cc3n12. The van der Waals surface area contributed by atoms with Gasteiger partial charge in [-0.2, -0.15) is 8.78 Å². The van der Waals surface area contributed by atoms with Crippen LogP contribution in [-0.4, -0.2) is 33.9 Å². The molecule has 9 heteroatoms. The van der Waals surface area contributed by atoms with Crippen molar-refractivity contribution >= 4 is 28.5 Å². The molecule has 2 aliphatic rings. The van der Waals surface area contributed by atoms with Gasteiger partial charge in [-0.05, 0) is 41.5 Å². The second kappa shape index (κ2) is 8.02. The highest BCUT2D eigenvalue weighted by Gasteiger charge is 2.45. The van der Waals surface area contributed by atoms with Gasteiger partial charge in [0, 0.05) is 34.2 Å². The second-order valence-corrected chi connectivity index (χ2v) is 8.79. The molecule has 0 fully saturated rings. The summed E-state index contributed by atoms with van der Waals surface area (Å²) in [4.78, 5) is 19.0. The number of fused-ring (bicyclic) bond motifs is 9. The van der Waals surface area contributed by atoms with E-state index in [2.05, 4.69) is 4.98 Å². The van der Waals surface area contributed by atoms with Crippen LogP contribution in [0.4, 0.5) is 13.2 Å². The van der Waals surface area contributed by atoms with Crippen molar-refractivity contribution in [2.24, 2.45) is 0 Å². The minimum Gasteiger partial charge on any atom is -0.434 e. The van der Waals surface area contributed by atoms with Gasteiger partial charge in [-0.3, -0.25) is 4.79 Å². The monoisotopic (exact) mass is 500 g/mol. The van der Waals surface area contributed by atoms with E-state index in [4.69, 9.17) is 20.5 Å². The Morgan fingerprint density at radius 2 is 1.97 bits per heavy atom. The van der Waals surface area contributed by atoms with Gasteiger partial charge >= 0.3 is 6.61 Å². The minimum atomic E-state index is -3.15. The first-order valence-corrected chi connectivity index (χ1v) is 11.4. The molecule has 0 saturated carbocycles. The van der Waals surface area contributed by atoms with E-state index in [1.165, 1.54) is 24.3 Å². The Labute approximate surface area is 207 Å². The number of carbonyl (C=O) groups excluding carboxylic acids is 1. The highest BCUT2D eigenvalue weighted by molar-refractivity contribution is 6.17. The zero-order chi connectivity index (χ0) is 26.9. The zero-order valence-corrected chi connectivity index (χ0v) is 18.8. The van der Waals surface area contributed by atoms with Crippen molar-refractivity contribution in [3.8, 4) is 16.9 Å². The smallest absolute Gasteiger partial charge is 0.387 e. The van der Waals surface area contributed by atoms with Crippen molar-refractivity contribution < 1.29 is 26.8 Å². The van der Waals surface area contributed by atoms with Crippen LogP contribution in [0, 0.1) is 5.82 Å². The van der Waals surface area contributed by atoms with Gasteiger partial charge in [0.05, 0.1) is 29.0 Å². The van der Waals surface area contributed by atoms with Crippen LogP contribution in [0.5, 0.6) is 5.75 Å². The number of aromatic nitrogens is 2. The number of alkyl halides is 3. The number of imidazole rings is 1. The number of benzene rings is 3. The predicted molar refractivity (Wildman–Crippen MR) is 125 cm³/mol. The number of rotatable bonds is 4. The maximum absolute atomic E-state index is 14.5. The lowest BCUT2D eigenvalue weighted by atomic mass is 9.97. The van der Waals surface area contributed by atoms with Crippen molar-refractivity contribution in [1.29, 1.82) is 0 Å². The number of amides is 1. The fourth-order valence-corrected chi connectivity index (χ4v) is 5.34. The van der Waals surface area contributed by atoms with E-state index in [9.17, 15) is 18.0 Å². The van der Waals surface area contributed by atoms with E-state index < -0.39 is 37.4 Å². The molecule has 0 radical (unpaired) electrons. The molecule has 0 saturated heterocycles. The molecule has 3 aromatic carbocycles. The largest absolute Gasteiger partial charge is 0.434 e. The molecule has 35 heavy (non-hydrogen) atoms. The molecule has 0 aliphatic carbocycles. The van der Waals surface area contributed by atoms with Crippen LogP contribution in [0.15, 0.2) is 54.6 Å². The second-order valence-electron chi connectivity index (χ2n) is 8.52. The predicted octanol–water partition coefficient (Wildman–Crippen LogP) is 6.30. The molecule has 0 N–H and O–H groups in total. The van der Waals surface area contributed by atoms with Crippen LogP contribution >= 0.6 is 11.6 Å². The number of nitrogens with zero attached hydrogens (tertiary/aromatic N) is 3. The summed E-state index contributed by atoms with van der Waals surface area (Å²) in [7, 11) is 0. The van der Waals surface area contributed by atoms with Gasteiger partial charge in [-0.15, -0.1) is 11.6 Å². The summed E-state index contributed by atoms with van der Waals surface area (Å²) in [5, 5.41) is 0. The lowest BCUT2D eigenvalue weighted by molar-refractivity contribution is -0.0507. The molecule has 2 atom stereocenters. The molecular weight excluding hydrogens is 479 g/mol. The zero-order valence-electron chi connectivity index (χ0n) is 21.0. The third-order valence-electron chi connectivity index (χ3n) is 6.68. The van der Waals surface area contributed by atoms with Gasteiger partial charge in [-0.25, -0.2) is 9.37 Å². The summed E-state index contributed by atoms with van der Waals surface area (Å²) < 4.78 is 72.0. The number of halogens is 4. The third-order valence-corrected chi connectivity index (χ3v) is 6.97. The van der Waals surface area contributed by atoms with Crippen LogP contribution in [0.1, 0.15) is 49.9 Å². The highest BCUT2D eigenvalue weighted by Crippen LogP contribution is 2.50. The molecule has 2 bridgehead atoms. The fourth-order valence-electron chi connectivity index (χ4n) is 5.12. The highest BCUT2D eigenvalue weighted by atomic mass is 35.5. The van der Waals surface area contributed by atoms with Crippen LogP contribution in [0.3, 0.4) is 0 Å². The molecule has 0 unspecified atom stereocenters. The van der Waals surface area contributed by atoms with Gasteiger partial charge in [0.2, 0.25) is 0 Å². The summed E-state index contributed by atoms with van der Waals surface area (Å²) in [6, 6.07) is 12.5. The van der Waals surface area contributed by atoms with Gasteiger partial charge in [0.15, 0.2) is 0 Å². The first kappa shape index (κ1) is 18.8. The Kier molecular flexibility index (Phi) is 4.30. The number of ether oxygens (including phenoxy) is 1.